The summed E-state index contributed by atoms with van der Waals surface area (Å²) in [6, 6.07) is 12.1. The minimum Gasteiger partial charge on any atom is -0.479 e. The monoisotopic (exact) mass is 395 g/mol. The SMILES string of the molecule is Cc1ccc(OC(C)C(=O)OC(C)C(=O)Nc2cccc(Cl)c2Cl)cc1. The highest BCUT2D eigenvalue weighted by atomic mass is 35.5. The van der Waals surface area contributed by atoms with Crippen LogP contribution in [0.3, 0.4) is 0 Å². The predicted molar refractivity (Wildman–Crippen MR) is 102 cm³/mol. The number of carbonyl (C=O) groups is 2. The van der Waals surface area contributed by atoms with Crippen LogP contribution in [-0.2, 0) is 14.3 Å². The van der Waals surface area contributed by atoms with Crippen molar-refractivity contribution in [1.29, 1.82) is 0 Å². The molecule has 0 radical (unpaired) electrons. The molecule has 0 heterocycles. The lowest BCUT2D eigenvalue weighted by molar-refractivity contribution is -0.159. The van der Waals surface area contributed by atoms with E-state index in [0.29, 0.717) is 16.5 Å². The molecular weight excluding hydrogens is 377 g/mol. The van der Waals surface area contributed by atoms with Gasteiger partial charge in [-0.1, -0.05) is 47.0 Å². The predicted octanol–water partition coefficient (Wildman–Crippen LogP) is 4.64. The quantitative estimate of drug-likeness (QED) is 0.723. The Kier molecular flexibility index (Phi) is 6.89. The van der Waals surface area contributed by atoms with Crippen molar-refractivity contribution in [1.82, 2.24) is 0 Å². The van der Waals surface area contributed by atoms with Crippen LogP contribution >= 0.6 is 23.2 Å². The zero-order chi connectivity index (χ0) is 19.3. The van der Waals surface area contributed by atoms with Crippen molar-refractivity contribution in [3.05, 3.63) is 58.1 Å². The summed E-state index contributed by atoms with van der Waals surface area (Å²) in [4.78, 5) is 24.3. The van der Waals surface area contributed by atoms with Crippen LogP contribution in [0.15, 0.2) is 42.5 Å². The Hall–Kier alpha value is -2.24. The third-order valence-electron chi connectivity index (χ3n) is 3.54. The standard InChI is InChI=1S/C19H19Cl2NO4/c1-11-7-9-14(10-8-11)25-13(3)19(24)26-12(2)18(23)22-16-6-4-5-15(20)17(16)21/h4-10,12-13H,1-3H3,(H,22,23). The molecule has 2 aromatic rings. The topological polar surface area (TPSA) is 64.6 Å². The third-order valence-corrected chi connectivity index (χ3v) is 4.36. The molecule has 2 rings (SSSR count). The smallest absolute Gasteiger partial charge is 0.347 e. The van der Waals surface area contributed by atoms with Gasteiger partial charge in [0, 0.05) is 0 Å². The van der Waals surface area contributed by atoms with Gasteiger partial charge in [0.1, 0.15) is 5.75 Å². The summed E-state index contributed by atoms with van der Waals surface area (Å²) in [5.41, 5.74) is 1.42. The molecule has 2 unspecified atom stereocenters. The van der Waals surface area contributed by atoms with Crippen molar-refractivity contribution in [2.75, 3.05) is 5.32 Å². The Morgan fingerprint density at radius 3 is 2.31 bits per heavy atom. The molecular formula is C19H19Cl2NO4. The Bertz CT molecular complexity index is 793. The Labute approximate surface area is 162 Å². The average molecular weight is 396 g/mol. The lowest BCUT2D eigenvalue weighted by Crippen LogP contribution is -2.35. The van der Waals surface area contributed by atoms with Crippen LogP contribution in [-0.4, -0.2) is 24.1 Å². The number of aryl methyl sites for hydroxylation is 1. The van der Waals surface area contributed by atoms with Gasteiger partial charge in [0.05, 0.1) is 15.7 Å². The molecule has 1 amide bonds. The van der Waals surface area contributed by atoms with E-state index in [1.165, 1.54) is 6.92 Å². The van der Waals surface area contributed by atoms with Crippen LogP contribution < -0.4 is 10.1 Å². The zero-order valence-electron chi connectivity index (χ0n) is 14.6. The number of amides is 1. The molecule has 2 aromatic carbocycles. The summed E-state index contributed by atoms with van der Waals surface area (Å²) in [6.07, 6.45) is -1.88. The second kappa shape index (κ2) is 8.92. The molecule has 0 saturated heterocycles. The normalized spacial score (nSPS) is 12.8. The summed E-state index contributed by atoms with van der Waals surface area (Å²) < 4.78 is 10.7. The van der Waals surface area contributed by atoms with E-state index in [1.54, 1.807) is 37.3 Å². The first-order valence-electron chi connectivity index (χ1n) is 7.96. The first-order chi connectivity index (χ1) is 12.3. The number of carbonyl (C=O) groups excluding carboxylic acids is 2. The van der Waals surface area contributed by atoms with Gasteiger partial charge in [-0.05, 0) is 45.0 Å². The maximum Gasteiger partial charge on any atom is 0.347 e. The molecule has 0 bridgehead atoms. The maximum atomic E-state index is 12.2. The fourth-order valence-electron chi connectivity index (χ4n) is 2.03. The number of hydrogen-bond acceptors (Lipinski definition) is 4. The van der Waals surface area contributed by atoms with E-state index in [1.807, 2.05) is 19.1 Å². The molecule has 26 heavy (non-hydrogen) atoms. The molecule has 1 N–H and O–H groups in total. The van der Waals surface area contributed by atoms with Crippen LogP contribution in [0.1, 0.15) is 19.4 Å². The molecule has 0 fully saturated rings. The zero-order valence-corrected chi connectivity index (χ0v) is 16.1. The van der Waals surface area contributed by atoms with Crippen molar-refractivity contribution in [2.24, 2.45) is 0 Å². The number of nitrogens with one attached hydrogen (secondary N) is 1. The van der Waals surface area contributed by atoms with Gasteiger partial charge in [-0.2, -0.15) is 0 Å². The van der Waals surface area contributed by atoms with Gasteiger partial charge in [-0.15, -0.1) is 0 Å². The number of halogens is 2. The van der Waals surface area contributed by atoms with Crippen molar-refractivity contribution in [3.63, 3.8) is 0 Å². The van der Waals surface area contributed by atoms with Crippen molar-refractivity contribution >= 4 is 40.8 Å². The van der Waals surface area contributed by atoms with Crippen LogP contribution in [0.4, 0.5) is 5.69 Å². The molecule has 0 spiro atoms. The number of rotatable bonds is 6. The van der Waals surface area contributed by atoms with E-state index in [-0.39, 0.29) is 5.02 Å². The molecule has 5 nitrogen and oxygen atoms in total. The van der Waals surface area contributed by atoms with E-state index in [9.17, 15) is 9.59 Å². The highest BCUT2D eigenvalue weighted by Crippen LogP contribution is 2.29. The summed E-state index contributed by atoms with van der Waals surface area (Å²) in [5, 5.41) is 3.11. The molecule has 138 valence electrons. The van der Waals surface area contributed by atoms with Crippen LogP contribution in [0.25, 0.3) is 0 Å². The fourth-order valence-corrected chi connectivity index (χ4v) is 2.38. The lowest BCUT2D eigenvalue weighted by atomic mass is 10.2. The lowest BCUT2D eigenvalue weighted by Gasteiger charge is -2.18. The van der Waals surface area contributed by atoms with Gasteiger partial charge in [0.2, 0.25) is 0 Å². The Morgan fingerprint density at radius 1 is 1.00 bits per heavy atom. The number of hydrogen-bond donors (Lipinski definition) is 1. The highest BCUT2D eigenvalue weighted by molar-refractivity contribution is 6.44. The van der Waals surface area contributed by atoms with E-state index in [0.717, 1.165) is 5.56 Å². The van der Waals surface area contributed by atoms with E-state index in [4.69, 9.17) is 32.7 Å². The first-order valence-corrected chi connectivity index (χ1v) is 8.72. The van der Waals surface area contributed by atoms with Crippen molar-refractivity contribution < 1.29 is 19.1 Å². The number of anilines is 1. The largest absolute Gasteiger partial charge is 0.479 e. The van der Waals surface area contributed by atoms with Gasteiger partial charge in [-0.3, -0.25) is 4.79 Å². The van der Waals surface area contributed by atoms with Crippen LogP contribution in [0.5, 0.6) is 5.75 Å². The summed E-state index contributed by atoms with van der Waals surface area (Å²) in [7, 11) is 0. The Morgan fingerprint density at radius 2 is 1.65 bits per heavy atom. The highest BCUT2D eigenvalue weighted by Gasteiger charge is 2.24. The molecule has 0 aliphatic rings. The van der Waals surface area contributed by atoms with Crippen molar-refractivity contribution in [2.45, 2.75) is 33.0 Å². The molecule has 0 aliphatic heterocycles. The summed E-state index contributed by atoms with van der Waals surface area (Å²) in [6.45, 7) is 4.97. The molecule has 0 aromatic heterocycles. The van der Waals surface area contributed by atoms with Crippen LogP contribution in [0.2, 0.25) is 10.0 Å². The van der Waals surface area contributed by atoms with Gasteiger partial charge in [0.25, 0.3) is 5.91 Å². The molecule has 0 aliphatic carbocycles. The third kappa shape index (κ3) is 5.38. The maximum absolute atomic E-state index is 12.2. The minimum atomic E-state index is -1.03. The van der Waals surface area contributed by atoms with Crippen molar-refractivity contribution in [3.8, 4) is 5.75 Å². The van der Waals surface area contributed by atoms with Crippen LogP contribution in [0, 0.1) is 6.92 Å². The Balaban J connectivity index is 1.91. The summed E-state index contributed by atoms with van der Waals surface area (Å²) in [5.74, 6) is -0.627. The molecule has 2 atom stereocenters. The summed E-state index contributed by atoms with van der Waals surface area (Å²) >= 11 is 11.9. The van der Waals surface area contributed by atoms with Gasteiger partial charge < -0.3 is 14.8 Å². The molecule has 0 saturated carbocycles. The van der Waals surface area contributed by atoms with E-state index in [2.05, 4.69) is 5.32 Å². The van der Waals surface area contributed by atoms with E-state index >= 15 is 0 Å². The van der Waals surface area contributed by atoms with Gasteiger partial charge in [0.15, 0.2) is 12.2 Å². The second-order valence-electron chi connectivity index (χ2n) is 5.74. The first kappa shape index (κ1) is 20.1. The van der Waals surface area contributed by atoms with Gasteiger partial charge >= 0.3 is 5.97 Å². The van der Waals surface area contributed by atoms with Gasteiger partial charge in [-0.25, -0.2) is 4.79 Å². The minimum absolute atomic E-state index is 0.220. The average Bonchev–Trinajstić information content (AvgIpc) is 2.60. The number of esters is 1. The second-order valence-corrected chi connectivity index (χ2v) is 6.53. The number of ether oxygens (including phenoxy) is 2. The molecule has 7 heteroatoms. The fraction of sp³-hybridized carbons (Fsp3) is 0.263. The van der Waals surface area contributed by atoms with E-state index < -0.39 is 24.1 Å². The number of benzene rings is 2.